The molecule has 0 unspecified atom stereocenters. The highest BCUT2D eigenvalue weighted by atomic mass is 16.6. The number of nitrogens with two attached hydrogens (primary N) is 1. The number of nitro groups is 1. The van der Waals surface area contributed by atoms with Crippen LogP contribution in [0.15, 0.2) is 24.5 Å². The minimum atomic E-state index is -0.461. The van der Waals surface area contributed by atoms with E-state index in [-0.39, 0.29) is 12.2 Å². The Kier molecular flexibility index (Phi) is 3.71. The standard InChI is InChI=1S/C11H13N5O3/c1-19-10-3-8(2-9(4-10)16(17)18)6-15-11(5-12)13-7-14-15/h2-4,7H,5-6,12H2,1H3. The summed E-state index contributed by atoms with van der Waals surface area (Å²) in [5.74, 6) is 1.05. The molecule has 0 aliphatic heterocycles. The molecule has 0 spiro atoms. The summed E-state index contributed by atoms with van der Waals surface area (Å²) in [6.07, 6.45) is 1.40. The number of hydrogen-bond donors (Lipinski definition) is 1. The monoisotopic (exact) mass is 263 g/mol. The van der Waals surface area contributed by atoms with Crippen LogP contribution in [0.5, 0.6) is 5.75 Å². The molecule has 8 nitrogen and oxygen atoms in total. The summed E-state index contributed by atoms with van der Waals surface area (Å²) < 4.78 is 6.64. The number of ether oxygens (including phenoxy) is 1. The maximum atomic E-state index is 10.8. The van der Waals surface area contributed by atoms with Crippen LogP contribution in [0.1, 0.15) is 11.4 Å². The molecule has 2 aromatic rings. The second-order valence-corrected chi connectivity index (χ2v) is 3.83. The Bertz CT molecular complexity index is 596. The SMILES string of the molecule is COc1cc(Cn2ncnc2CN)cc([N+](=O)[O-])c1. The number of aromatic nitrogens is 3. The van der Waals surface area contributed by atoms with Gasteiger partial charge in [0.05, 0.1) is 31.2 Å². The van der Waals surface area contributed by atoms with Crippen LogP contribution in [-0.2, 0) is 13.1 Å². The number of benzene rings is 1. The third-order valence-electron chi connectivity index (χ3n) is 2.61. The van der Waals surface area contributed by atoms with E-state index in [0.29, 0.717) is 23.7 Å². The van der Waals surface area contributed by atoms with Gasteiger partial charge in [0.1, 0.15) is 17.9 Å². The molecule has 19 heavy (non-hydrogen) atoms. The summed E-state index contributed by atoms with van der Waals surface area (Å²) >= 11 is 0. The number of nitrogens with zero attached hydrogens (tertiary/aromatic N) is 4. The molecule has 0 amide bonds. The minimum Gasteiger partial charge on any atom is -0.496 e. The lowest BCUT2D eigenvalue weighted by atomic mass is 10.2. The molecule has 0 saturated carbocycles. The Morgan fingerprint density at radius 1 is 1.47 bits per heavy atom. The van der Waals surface area contributed by atoms with Crippen LogP contribution in [0.25, 0.3) is 0 Å². The molecule has 2 rings (SSSR count). The molecule has 1 aromatic carbocycles. The Balaban J connectivity index is 2.34. The van der Waals surface area contributed by atoms with Gasteiger partial charge >= 0.3 is 0 Å². The second kappa shape index (κ2) is 5.44. The van der Waals surface area contributed by atoms with Crippen molar-refractivity contribution in [3.05, 3.63) is 46.0 Å². The van der Waals surface area contributed by atoms with Crippen molar-refractivity contribution < 1.29 is 9.66 Å². The lowest BCUT2D eigenvalue weighted by Gasteiger charge is -2.07. The zero-order valence-corrected chi connectivity index (χ0v) is 10.3. The van der Waals surface area contributed by atoms with Crippen LogP contribution in [0, 0.1) is 10.1 Å². The minimum absolute atomic E-state index is 0.0243. The van der Waals surface area contributed by atoms with Gasteiger partial charge in [-0.2, -0.15) is 5.10 Å². The molecule has 0 aliphatic carbocycles. The van der Waals surface area contributed by atoms with E-state index in [1.165, 1.54) is 25.6 Å². The summed E-state index contributed by atoms with van der Waals surface area (Å²) in [6, 6.07) is 4.56. The predicted octanol–water partition coefficient (Wildman–Crippen LogP) is 0.702. The fourth-order valence-corrected chi connectivity index (χ4v) is 1.71. The van der Waals surface area contributed by atoms with E-state index >= 15 is 0 Å². The largest absolute Gasteiger partial charge is 0.496 e. The molecule has 0 saturated heterocycles. The maximum absolute atomic E-state index is 10.8. The molecular weight excluding hydrogens is 250 g/mol. The van der Waals surface area contributed by atoms with Crippen molar-refractivity contribution in [2.24, 2.45) is 5.73 Å². The molecule has 0 aliphatic rings. The number of nitro benzene ring substituents is 1. The summed E-state index contributed by atoms with van der Waals surface area (Å²) in [6.45, 7) is 0.608. The lowest BCUT2D eigenvalue weighted by molar-refractivity contribution is -0.385. The highest BCUT2D eigenvalue weighted by molar-refractivity contribution is 5.42. The van der Waals surface area contributed by atoms with E-state index in [1.54, 1.807) is 10.7 Å². The van der Waals surface area contributed by atoms with E-state index in [1.807, 2.05) is 0 Å². The molecular formula is C11H13N5O3. The Hall–Kier alpha value is -2.48. The summed E-state index contributed by atoms with van der Waals surface area (Å²) in [5.41, 5.74) is 6.20. The third kappa shape index (κ3) is 2.86. The highest BCUT2D eigenvalue weighted by Crippen LogP contribution is 2.23. The van der Waals surface area contributed by atoms with Crippen molar-refractivity contribution in [2.45, 2.75) is 13.1 Å². The Morgan fingerprint density at radius 2 is 2.26 bits per heavy atom. The first-order chi connectivity index (χ1) is 9.13. The summed E-state index contributed by atoms with van der Waals surface area (Å²) in [5, 5.41) is 14.9. The van der Waals surface area contributed by atoms with E-state index in [0.717, 1.165) is 0 Å². The number of non-ortho nitro benzene ring substituents is 1. The lowest BCUT2D eigenvalue weighted by Crippen LogP contribution is -2.11. The van der Waals surface area contributed by atoms with Crippen LogP contribution < -0.4 is 10.5 Å². The first-order valence-electron chi connectivity index (χ1n) is 5.53. The number of hydrogen-bond acceptors (Lipinski definition) is 6. The molecule has 2 N–H and O–H groups in total. The second-order valence-electron chi connectivity index (χ2n) is 3.83. The third-order valence-corrected chi connectivity index (χ3v) is 2.61. The van der Waals surface area contributed by atoms with Gasteiger partial charge in [-0.3, -0.25) is 10.1 Å². The van der Waals surface area contributed by atoms with Gasteiger partial charge in [0.25, 0.3) is 5.69 Å². The first-order valence-corrected chi connectivity index (χ1v) is 5.53. The average Bonchev–Trinajstić information content (AvgIpc) is 2.85. The van der Waals surface area contributed by atoms with E-state index in [2.05, 4.69) is 10.1 Å². The quantitative estimate of drug-likeness (QED) is 0.628. The van der Waals surface area contributed by atoms with Gasteiger partial charge in [-0.1, -0.05) is 0 Å². The van der Waals surface area contributed by atoms with Crippen LogP contribution in [0.3, 0.4) is 0 Å². The van der Waals surface area contributed by atoms with Crippen LogP contribution in [0.2, 0.25) is 0 Å². The fourth-order valence-electron chi connectivity index (χ4n) is 1.71. The summed E-state index contributed by atoms with van der Waals surface area (Å²) in [4.78, 5) is 14.4. The van der Waals surface area contributed by atoms with Crippen molar-refractivity contribution in [3.63, 3.8) is 0 Å². The molecule has 0 radical (unpaired) electrons. The molecule has 0 fully saturated rings. The van der Waals surface area contributed by atoms with Gasteiger partial charge in [0.2, 0.25) is 0 Å². The zero-order valence-electron chi connectivity index (χ0n) is 10.3. The predicted molar refractivity (Wildman–Crippen MR) is 66.7 cm³/mol. The molecule has 0 atom stereocenters. The smallest absolute Gasteiger partial charge is 0.273 e. The van der Waals surface area contributed by atoms with Crippen molar-refractivity contribution in [1.82, 2.24) is 14.8 Å². The van der Waals surface area contributed by atoms with Crippen molar-refractivity contribution in [1.29, 1.82) is 0 Å². The summed E-state index contributed by atoms with van der Waals surface area (Å²) in [7, 11) is 1.46. The number of rotatable bonds is 5. The molecule has 0 bridgehead atoms. The van der Waals surface area contributed by atoms with E-state index in [9.17, 15) is 10.1 Å². The topological polar surface area (TPSA) is 109 Å². The van der Waals surface area contributed by atoms with Gasteiger partial charge in [-0.15, -0.1) is 0 Å². The highest BCUT2D eigenvalue weighted by Gasteiger charge is 2.12. The van der Waals surface area contributed by atoms with Crippen LogP contribution >= 0.6 is 0 Å². The first kappa shape index (κ1) is 13.0. The molecule has 8 heteroatoms. The van der Waals surface area contributed by atoms with Crippen molar-refractivity contribution in [3.8, 4) is 5.75 Å². The van der Waals surface area contributed by atoms with Gasteiger partial charge in [-0.25, -0.2) is 9.67 Å². The maximum Gasteiger partial charge on any atom is 0.273 e. The van der Waals surface area contributed by atoms with Gasteiger partial charge in [0, 0.05) is 6.07 Å². The average molecular weight is 263 g/mol. The Morgan fingerprint density at radius 3 is 2.89 bits per heavy atom. The van der Waals surface area contributed by atoms with Gasteiger partial charge in [-0.05, 0) is 11.6 Å². The van der Waals surface area contributed by atoms with E-state index in [4.69, 9.17) is 10.5 Å². The van der Waals surface area contributed by atoms with Crippen LogP contribution in [0.4, 0.5) is 5.69 Å². The van der Waals surface area contributed by atoms with E-state index < -0.39 is 4.92 Å². The van der Waals surface area contributed by atoms with Gasteiger partial charge < -0.3 is 10.5 Å². The Labute approximate surface area is 109 Å². The normalized spacial score (nSPS) is 10.4. The van der Waals surface area contributed by atoms with Crippen LogP contribution in [-0.4, -0.2) is 26.8 Å². The number of methoxy groups -OCH3 is 1. The fraction of sp³-hybridized carbons (Fsp3) is 0.273. The van der Waals surface area contributed by atoms with Crippen molar-refractivity contribution >= 4 is 5.69 Å². The molecule has 100 valence electrons. The van der Waals surface area contributed by atoms with Gasteiger partial charge in [0.15, 0.2) is 0 Å². The zero-order chi connectivity index (χ0) is 13.8. The molecule has 1 heterocycles. The molecule has 1 aromatic heterocycles. The van der Waals surface area contributed by atoms with Crippen molar-refractivity contribution in [2.75, 3.05) is 7.11 Å².